The van der Waals surface area contributed by atoms with E-state index in [1.807, 2.05) is 89.2 Å². The van der Waals surface area contributed by atoms with Crippen molar-refractivity contribution in [3.8, 4) is 11.4 Å². The Bertz CT molecular complexity index is 3850. The third-order valence-electron chi connectivity index (χ3n) is 16.6. The Morgan fingerprint density at radius 2 is 1.01 bits per heavy atom. The predicted molar refractivity (Wildman–Crippen MR) is 352 cm³/mol. The van der Waals surface area contributed by atoms with Gasteiger partial charge < -0.3 is 21.3 Å². The first-order chi connectivity index (χ1) is 41.0. The number of benzene rings is 4. The fourth-order valence-electron chi connectivity index (χ4n) is 10.7. The van der Waals surface area contributed by atoms with Crippen molar-refractivity contribution >= 4 is 123 Å². The van der Waals surface area contributed by atoms with Crippen LogP contribution < -0.4 is 26.7 Å². The SMILES string of the molecule is Cc1c(Br)cc(F)c2c1-n1c(C3CC3)nnc1C(C)(C)N2.Cc1ccc(F)c2c1-n1c(C3CC3)nnc1C(C)(C)N2.Cc1ccc(F)c2c1C/C(=N/NC(=O)C1CC1)C(C)(C)N2.Cc1ccc(F)c2c1CC(=S)C(C)(C)N2.O=C(Cl)C1CC1.O=P(Cl)(Cl)Cl. The van der Waals surface area contributed by atoms with Crippen LogP contribution in [0.4, 0.5) is 40.3 Å². The zero-order valence-electron chi connectivity index (χ0n) is 51.0. The molecule has 8 aliphatic rings. The highest BCUT2D eigenvalue weighted by Gasteiger charge is 2.43. The van der Waals surface area contributed by atoms with Gasteiger partial charge in [0.15, 0.2) is 11.6 Å². The van der Waals surface area contributed by atoms with Crippen molar-refractivity contribution < 1.29 is 31.7 Å². The molecule has 0 saturated heterocycles. The standard InChI is InChI=1S/C16H20FN3O.C15H16BrFN4.C15H17FN4.C12H14FNS.C4H5ClO.Cl3OP/c1-9-4-7-12(17)14-11(9)8-13(16(2,3)18-14)19-20-15(21)10-5-6-10;1-7-9(16)6-10(17)11-12(7)21-13(8-4-5-8)19-20-14(21)15(2,3)18-11;1-8-4-7-10(16)11-12(8)20-13(9-5-6-9)18-19-14(20)15(2,3)17-11;1-7-4-5-9(13)11-8(7)6-10(15)12(2,3)14-11;5-4(6)3-1-2-3;1-5(2,3)4/h4,7,10,18H,5-6,8H2,1-3H3,(H,20,21);6,8,18H,4-5H2,1-3H3;4,7,9,17H,5-6H2,1-3H3;4-5,14H,6H2,1-3H3;3H,1-2H2;/b19-13-;;;;;. The molecule has 6 aromatic rings. The van der Waals surface area contributed by atoms with Crippen LogP contribution >= 0.6 is 78.7 Å². The molecule has 0 unspecified atom stereocenters. The van der Waals surface area contributed by atoms with Crippen LogP contribution in [0.15, 0.2) is 52.0 Å². The number of thiocarbonyl (C=S) groups is 1. The second-order valence-electron chi connectivity index (χ2n) is 25.8. The van der Waals surface area contributed by atoms with E-state index in [1.165, 1.54) is 24.3 Å². The van der Waals surface area contributed by atoms with Crippen molar-refractivity contribution in [3.63, 3.8) is 0 Å². The first kappa shape index (κ1) is 67.2. The summed E-state index contributed by atoms with van der Waals surface area (Å²) in [4.78, 5) is 22.6. The van der Waals surface area contributed by atoms with Gasteiger partial charge in [0, 0.05) is 45.9 Å². The normalized spacial score (nSPS) is 19.2. The Kier molecular flexibility index (Phi) is 19.5. The van der Waals surface area contributed by atoms with Crippen LogP contribution in [0.3, 0.4) is 0 Å². The van der Waals surface area contributed by atoms with Crippen molar-refractivity contribution in [2.45, 2.75) is 181 Å². The molecular weight excluding hydrogens is 1320 g/mol. The molecule has 472 valence electrons. The van der Waals surface area contributed by atoms with Crippen LogP contribution in [0, 0.1) is 62.8 Å². The van der Waals surface area contributed by atoms with E-state index in [-0.39, 0.29) is 51.8 Å². The van der Waals surface area contributed by atoms with E-state index < -0.39 is 21.8 Å². The van der Waals surface area contributed by atoms with Gasteiger partial charge in [0.1, 0.15) is 34.9 Å². The van der Waals surface area contributed by atoms with Gasteiger partial charge in [-0.2, -0.15) is 5.10 Å². The van der Waals surface area contributed by atoms with Gasteiger partial charge in [-0.15, -0.1) is 20.4 Å². The number of halogens is 9. The second kappa shape index (κ2) is 25.5. The van der Waals surface area contributed by atoms with Gasteiger partial charge in [-0.25, -0.2) is 23.0 Å². The van der Waals surface area contributed by atoms with E-state index in [9.17, 15) is 31.7 Å². The maximum Gasteiger partial charge on any atom is 0.339 e. The molecule has 5 N–H and O–H groups in total. The number of hydrogen-bond donors (Lipinski definition) is 5. The van der Waals surface area contributed by atoms with E-state index in [0.717, 1.165) is 134 Å². The van der Waals surface area contributed by atoms with Crippen LogP contribution in [-0.2, 0) is 38.1 Å². The number of aromatic nitrogens is 6. The minimum absolute atomic E-state index is 0.0138. The molecule has 26 heteroatoms. The van der Waals surface area contributed by atoms with Crippen LogP contribution in [0.1, 0.15) is 175 Å². The molecule has 4 saturated carbocycles. The van der Waals surface area contributed by atoms with Crippen molar-refractivity contribution in [3.05, 3.63) is 127 Å². The first-order valence-electron chi connectivity index (χ1n) is 29.2. The van der Waals surface area contributed by atoms with Crippen molar-refractivity contribution in [2.75, 3.05) is 21.3 Å². The third-order valence-corrected chi connectivity index (χ3v) is 18.4. The minimum Gasteiger partial charge on any atom is -0.373 e. The number of amides is 1. The molecule has 4 aromatic carbocycles. The topological polar surface area (TPSA) is 185 Å². The summed E-state index contributed by atoms with van der Waals surface area (Å²) >= 11 is 27.7. The fraction of sp³-hybridized carbons (Fsp3) is 0.484. The van der Waals surface area contributed by atoms with E-state index >= 15 is 0 Å². The summed E-state index contributed by atoms with van der Waals surface area (Å²) in [6, 6.07) is 11.4. The van der Waals surface area contributed by atoms with Gasteiger partial charge in [0.2, 0.25) is 11.1 Å². The second-order valence-corrected chi connectivity index (χ2v) is 34.1. The van der Waals surface area contributed by atoms with E-state index in [1.54, 1.807) is 12.1 Å². The molecule has 6 heterocycles. The Hall–Kier alpha value is -5.15. The number of rotatable bonds is 5. The Labute approximate surface area is 543 Å². The summed E-state index contributed by atoms with van der Waals surface area (Å²) in [5.74, 6) is 4.00. The number of nitrogens with zero attached hydrogens (tertiary/aromatic N) is 7. The summed E-state index contributed by atoms with van der Waals surface area (Å²) < 4.78 is 70.7. The third kappa shape index (κ3) is 15.1. The lowest BCUT2D eigenvalue weighted by Crippen LogP contribution is -2.46. The molecule has 1 amide bonds. The van der Waals surface area contributed by atoms with Gasteiger partial charge in [-0.1, -0.05) is 46.3 Å². The summed E-state index contributed by atoms with van der Waals surface area (Å²) in [6.45, 7) is 23.8. The van der Waals surface area contributed by atoms with Gasteiger partial charge in [0.25, 0.3) is 0 Å². The summed E-state index contributed by atoms with van der Waals surface area (Å²) in [5, 5.41) is 31.4. The zero-order valence-corrected chi connectivity index (χ0v) is 57.4. The Balaban J connectivity index is 0.000000133. The minimum atomic E-state index is -3.22. The maximum atomic E-state index is 14.5. The van der Waals surface area contributed by atoms with Crippen LogP contribution in [0.2, 0.25) is 0 Å². The number of nitrogens with one attached hydrogen (secondary N) is 5. The molecule has 15 nitrogen and oxygen atoms in total. The summed E-state index contributed by atoms with van der Waals surface area (Å²) in [6.07, 6.45) is 9.73. The van der Waals surface area contributed by atoms with E-state index in [4.69, 9.17) is 23.8 Å². The smallest absolute Gasteiger partial charge is 0.339 e. The number of fused-ring (bicyclic) bond motifs is 8. The molecule has 4 fully saturated rings. The van der Waals surface area contributed by atoms with Crippen LogP contribution in [-0.4, -0.2) is 62.3 Å². The van der Waals surface area contributed by atoms with Crippen molar-refractivity contribution in [2.24, 2.45) is 16.9 Å². The predicted octanol–water partition coefficient (Wildman–Crippen LogP) is 17.3. The molecule has 0 spiro atoms. The number of carbonyl (C=O) groups excluding carboxylic acids is 2. The van der Waals surface area contributed by atoms with Gasteiger partial charge in [-0.05, 0) is 237 Å². The highest BCUT2D eigenvalue weighted by molar-refractivity contribution is 9.10. The molecule has 4 aliphatic carbocycles. The van der Waals surface area contributed by atoms with E-state index in [0.29, 0.717) is 47.4 Å². The van der Waals surface area contributed by atoms with Gasteiger partial charge >= 0.3 is 5.20 Å². The molecule has 0 radical (unpaired) electrons. The molecule has 88 heavy (non-hydrogen) atoms. The Morgan fingerprint density at radius 1 is 0.602 bits per heavy atom. The largest absolute Gasteiger partial charge is 0.373 e. The molecule has 14 rings (SSSR count). The zero-order chi connectivity index (χ0) is 64.5. The molecular formula is C62H72BrCl4F4N12O3PS. The first-order valence-corrected chi connectivity index (χ1v) is 35.2. The molecule has 0 bridgehead atoms. The Morgan fingerprint density at radius 3 is 1.45 bits per heavy atom. The molecule has 0 atom stereocenters. The molecule has 2 aromatic heterocycles. The van der Waals surface area contributed by atoms with Gasteiger partial charge in [0.05, 0.1) is 62.0 Å². The highest BCUT2D eigenvalue weighted by atomic mass is 79.9. The van der Waals surface area contributed by atoms with Crippen LogP contribution in [0.5, 0.6) is 0 Å². The number of carbonyl (C=O) groups is 2. The number of anilines is 4. The number of hydrazone groups is 1. The average molecular weight is 1390 g/mol. The van der Waals surface area contributed by atoms with Crippen molar-refractivity contribution in [1.82, 2.24) is 35.0 Å². The lowest BCUT2D eigenvalue weighted by Gasteiger charge is -2.36. The summed E-state index contributed by atoms with van der Waals surface area (Å²) in [5.41, 5.74) is 11.8. The lowest BCUT2D eigenvalue weighted by atomic mass is 9.85. The highest BCUT2D eigenvalue weighted by Crippen LogP contribution is 2.61. The summed E-state index contributed by atoms with van der Waals surface area (Å²) in [7, 11) is 0. The molecule has 4 aliphatic heterocycles. The fourth-order valence-corrected chi connectivity index (χ4v) is 11.5. The maximum absolute atomic E-state index is 14.5. The van der Waals surface area contributed by atoms with E-state index in [2.05, 4.69) is 111 Å². The monoisotopic (exact) mass is 1390 g/mol. The number of aryl methyl sites for hydroxylation is 3. The number of hydrogen-bond acceptors (Lipinski definition) is 13. The van der Waals surface area contributed by atoms with Gasteiger partial charge in [-0.3, -0.25) is 23.3 Å². The van der Waals surface area contributed by atoms with Crippen molar-refractivity contribution in [1.29, 1.82) is 0 Å². The van der Waals surface area contributed by atoms with Crippen LogP contribution in [0.25, 0.3) is 11.4 Å². The lowest BCUT2D eigenvalue weighted by molar-refractivity contribution is -0.122. The quantitative estimate of drug-likeness (QED) is 0.0362. The average Bonchev–Trinajstić information content (AvgIpc) is 1.65.